The molecular weight excluding hydrogens is 705 g/mol. The van der Waals surface area contributed by atoms with E-state index in [2.05, 4.69) is 207 Å². The van der Waals surface area contributed by atoms with Gasteiger partial charge in [-0.05, 0) is 106 Å². The number of nitrogens with zero attached hydrogens (tertiary/aromatic N) is 2. The normalized spacial score (nSPS) is 14.4. The van der Waals surface area contributed by atoms with E-state index >= 15 is 0 Å². The summed E-state index contributed by atoms with van der Waals surface area (Å²) >= 11 is 0. The summed E-state index contributed by atoms with van der Waals surface area (Å²) in [5.74, 6) is 0. The number of anilines is 3. The van der Waals surface area contributed by atoms with E-state index in [9.17, 15) is 0 Å². The van der Waals surface area contributed by atoms with Gasteiger partial charge in [-0.3, -0.25) is 0 Å². The molecule has 2 aromatic heterocycles. The summed E-state index contributed by atoms with van der Waals surface area (Å²) in [6.45, 7) is 9.63. The second-order valence-corrected chi connectivity index (χ2v) is 17.2. The highest BCUT2D eigenvalue weighted by atomic mass is 16.3. The van der Waals surface area contributed by atoms with Gasteiger partial charge in [0.25, 0.3) is 0 Å². The first kappa shape index (κ1) is 34.4. The number of rotatable bonds is 6. The van der Waals surface area contributed by atoms with Crippen LogP contribution in [0.15, 0.2) is 186 Å². The molecular formula is C55H44N2O. The average Bonchev–Trinajstić information content (AvgIpc) is 3.86. The molecule has 11 rings (SSSR count). The molecule has 1 aliphatic rings. The van der Waals surface area contributed by atoms with E-state index in [1.807, 2.05) is 12.1 Å². The lowest BCUT2D eigenvalue weighted by Crippen LogP contribution is -2.18. The Bertz CT molecular complexity index is 3200. The van der Waals surface area contributed by atoms with Gasteiger partial charge in [0.15, 0.2) is 0 Å². The zero-order valence-corrected chi connectivity index (χ0v) is 33.3. The van der Waals surface area contributed by atoms with Crippen molar-refractivity contribution in [3.63, 3.8) is 0 Å². The minimum Gasteiger partial charge on any atom is -0.456 e. The van der Waals surface area contributed by atoms with E-state index in [0.29, 0.717) is 0 Å². The maximum Gasteiger partial charge on any atom is 0.136 e. The minimum absolute atomic E-state index is 0.0490. The van der Waals surface area contributed by atoms with Crippen molar-refractivity contribution in [3.8, 4) is 27.9 Å². The van der Waals surface area contributed by atoms with Gasteiger partial charge in [0.1, 0.15) is 11.2 Å². The summed E-state index contributed by atoms with van der Waals surface area (Å²) in [4.78, 5) is 2.43. The quantitative estimate of drug-likeness (QED) is 0.169. The van der Waals surface area contributed by atoms with E-state index in [-0.39, 0.29) is 10.8 Å². The van der Waals surface area contributed by atoms with Crippen LogP contribution < -0.4 is 4.90 Å². The van der Waals surface area contributed by atoms with Crippen LogP contribution in [0.5, 0.6) is 0 Å². The molecule has 280 valence electrons. The molecule has 3 heteroatoms. The fourth-order valence-corrected chi connectivity index (χ4v) is 10.4. The van der Waals surface area contributed by atoms with Crippen molar-refractivity contribution >= 4 is 60.8 Å². The van der Waals surface area contributed by atoms with E-state index in [1.165, 1.54) is 55.3 Å². The van der Waals surface area contributed by atoms with Crippen LogP contribution >= 0.6 is 0 Å². The predicted molar refractivity (Wildman–Crippen MR) is 244 cm³/mol. The molecule has 0 bridgehead atoms. The van der Waals surface area contributed by atoms with Gasteiger partial charge in [-0.2, -0.15) is 0 Å². The van der Waals surface area contributed by atoms with Crippen molar-refractivity contribution in [1.29, 1.82) is 0 Å². The first-order valence-corrected chi connectivity index (χ1v) is 20.4. The maximum absolute atomic E-state index is 6.27. The van der Waals surface area contributed by atoms with Crippen molar-refractivity contribution in [2.45, 2.75) is 44.9 Å². The molecule has 0 unspecified atom stereocenters. The predicted octanol–water partition coefficient (Wildman–Crippen LogP) is 15.4. The van der Waals surface area contributed by atoms with E-state index < -0.39 is 0 Å². The van der Waals surface area contributed by atoms with Crippen molar-refractivity contribution in [3.05, 3.63) is 193 Å². The monoisotopic (exact) mass is 748 g/mol. The fourth-order valence-electron chi connectivity index (χ4n) is 10.4. The fraction of sp³-hybridized carbons (Fsp3) is 0.127. The third-order valence-electron chi connectivity index (χ3n) is 12.6. The zero-order valence-electron chi connectivity index (χ0n) is 33.3. The number of furan rings is 1. The van der Waals surface area contributed by atoms with Gasteiger partial charge in [0, 0.05) is 38.5 Å². The van der Waals surface area contributed by atoms with Gasteiger partial charge in [0.05, 0.1) is 22.4 Å². The molecule has 0 fully saturated rings. The van der Waals surface area contributed by atoms with Gasteiger partial charge in [-0.1, -0.05) is 149 Å². The van der Waals surface area contributed by atoms with Crippen LogP contribution in [0, 0.1) is 0 Å². The Hall–Kier alpha value is -6.84. The van der Waals surface area contributed by atoms with Gasteiger partial charge in [-0.25, -0.2) is 0 Å². The number of para-hydroxylation sites is 3. The molecule has 0 N–H and O–H groups in total. The molecule has 0 atom stereocenters. The van der Waals surface area contributed by atoms with Crippen LogP contribution in [0.3, 0.4) is 0 Å². The minimum atomic E-state index is 0.0490. The van der Waals surface area contributed by atoms with Crippen LogP contribution in [0.4, 0.5) is 17.1 Å². The molecule has 2 heterocycles. The molecule has 0 saturated carbocycles. The van der Waals surface area contributed by atoms with Crippen molar-refractivity contribution in [2.24, 2.45) is 0 Å². The average molecular weight is 749 g/mol. The molecule has 10 aromatic rings. The Kier molecular flexibility index (Phi) is 7.62. The smallest absolute Gasteiger partial charge is 0.136 e. The largest absolute Gasteiger partial charge is 0.456 e. The second kappa shape index (κ2) is 12.8. The highest BCUT2D eigenvalue weighted by molar-refractivity contribution is 6.13. The van der Waals surface area contributed by atoms with Crippen LogP contribution in [0.2, 0.25) is 0 Å². The van der Waals surface area contributed by atoms with Crippen molar-refractivity contribution in [1.82, 2.24) is 4.57 Å². The first-order valence-electron chi connectivity index (χ1n) is 20.4. The van der Waals surface area contributed by atoms with Gasteiger partial charge < -0.3 is 13.9 Å². The third-order valence-corrected chi connectivity index (χ3v) is 12.6. The molecule has 1 aliphatic carbocycles. The van der Waals surface area contributed by atoms with Crippen molar-refractivity contribution in [2.75, 3.05) is 4.90 Å². The van der Waals surface area contributed by atoms with Crippen LogP contribution in [-0.2, 0) is 10.8 Å². The lowest BCUT2D eigenvalue weighted by molar-refractivity contribution is 0.403. The standard InChI is InChI=1S/C55H44N2O/c1-54(2)35-55(3,4)53-45(54)22-15-25-49(53)57-47-24-12-9-19-42(47)44-34-39(32-33-48(44)57)56(46-23-11-8-18-40(46)36-16-6-5-7-17-36)38-30-28-37(29-31-38)41-21-14-27-51-52(41)43-20-10-13-26-50(43)58-51/h5-34H,35H2,1-4H3. The Labute approximate surface area is 339 Å². The SMILES string of the molecule is CC1(C)CC(C)(C)c2c(-n3c4ccccc4c4cc(N(c5ccc(-c6cccc7oc8ccccc8c67)cc5)c5ccccc5-c5ccccc5)ccc43)cccc21. The topological polar surface area (TPSA) is 21.3 Å². The molecule has 8 aromatic carbocycles. The number of hydrogen-bond acceptors (Lipinski definition) is 2. The van der Waals surface area contributed by atoms with E-state index in [0.717, 1.165) is 51.0 Å². The van der Waals surface area contributed by atoms with Gasteiger partial charge in [-0.15, -0.1) is 0 Å². The highest BCUT2D eigenvalue weighted by Crippen LogP contribution is 2.52. The Morgan fingerprint density at radius 3 is 1.97 bits per heavy atom. The lowest BCUT2D eigenvalue weighted by Gasteiger charge is -2.28. The zero-order chi connectivity index (χ0) is 39.2. The van der Waals surface area contributed by atoms with Crippen LogP contribution in [0.25, 0.3) is 71.7 Å². The molecule has 0 aliphatic heterocycles. The third kappa shape index (κ3) is 5.27. The number of aromatic nitrogens is 1. The summed E-state index contributed by atoms with van der Waals surface area (Å²) in [6.07, 6.45) is 1.12. The molecule has 3 nitrogen and oxygen atoms in total. The number of benzene rings is 8. The summed E-state index contributed by atoms with van der Waals surface area (Å²) in [5, 5.41) is 4.77. The molecule has 0 amide bonds. The van der Waals surface area contributed by atoms with E-state index in [1.54, 1.807) is 0 Å². The summed E-state index contributed by atoms with van der Waals surface area (Å²) < 4.78 is 8.80. The van der Waals surface area contributed by atoms with Gasteiger partial charge >= 0.3 is 0 Å². The summed E-state index contributed by atoms with van der Waals surface area (Å²) in [7, 11) is 0. The molecule has 0 saturated heterocycles. The Morgan fingerprint density at radius 1 is 0.483 bits per heavy atom. The van der Waals surface area contributed by atoms with Gasteiger partial charge in [0.2, 0.25) is 0 Å². The molecule has 0 radical (unpaired) electrons. The maximum atomic E-state index is 6.27. The first-order chi connectivity index (χ1) is 28.3. The summed E-state index contributed by atoms with van der Waals surface area (Å²) in [6, 6.07) is 66.1. The van der Waals surface area contributed by atoms with E-state index in [4.69, 9.17) is 4.42 Å². The molecule has 58 heavy (non-hydrogen) atoms. The highest BCUT2D eigenvalue weighted by Gasteiger charge is 2.43. The Morgan fingerprint density at radius 2 is 1.12 bits per heavy atom. The van der Waals surface area contributed by atoms with Crippen LogP contribution in [0.1, 0.15) is 45.2 Å². The summed E-state index contributed by atoms with van der Waals surface area (Å²) in [5.41, 5.74) is 16.6. The molecule has 0 spiro atoms. The van der Waals surface area contributed by atoms with Crippen molar-refractivity contribution < 1.29 is 4.42 Å². The number of fused-ring (bicyclic) bond motifs is 7. The second-order valence-electron chi connectivity index (χ2n) is 17.2. The lowest BCUT2D eigenvalue weighted by atomic mass is 9.81. The number of hydrogen-bond donors (Lipinski definition) is 0. The van der Waals surface area contributed by atoms with Crippen LogP contribution in [-0.4, -0.2) is 4.57 Å². The Balaban J connectivity index is 1.12.